The van der Waals surface area contributed by atoms with Crippen LogP contribution in [0.2, 0.25) is 0 Å². The highest BCUT2D eigenvalue weighted by molar-refractivity contribution is 5.78. The summed E-state index contributed by atoms with van der Waals surface area (Å²) in [6.07, 6.45) is 1.26. The molecule has 0 bridgehead atoms. The average Bonchev–Trinajstić information content (AvgIpc) is 1.85. The summed E-state index contributed by atoms with van der Waals surface area (Å²) in [7, 11) is 0. The Kier molecular flexibility index (Phi) is 3.96. The van der Waals surface area contributed by atoms with Crippen molar-refractivity contribution in [2.75, 3.05) is 0 Å². The zero-order valence-corrected chi connectivity index (χ0v) is 7.92. The van der Waals surface area contributed by atoms with Gasteiger partial charge in [0.25, 0.3) is 0 Å². The summed E-state index contributed by atoms with van der Waals surface area (Å²) >= 11 is 0. The maximum Gasteiger partial charge on any atom is 0.224 e. The molecule has 1 amide bonds. The SMILES string of the molecule is C=CCC(=O)NC(C)(C)C(C)O. The lowest BCUT2D eigenvalue weighted by Gasteiger charge is -2.29. The number of carbonyl (C=O) groups is 1. The molecule has 70 valence electrons. The van der Waals surface area contributed by atoms with Crippen molar-refractivity contribution in [1.29, 1.82) is 0 Å². The van der Waals surface area contributed by atoms with Gasteiger partial charge in [0, 0.05) is 6.42 Å². The Labute approximate surface area is 73.5 Å². The fourth-order valence-electron chi connectivity index (χ4n) is 0.646. The highest BCUT2D eigenvalue weighted by Gasteiger charge is 2.25. The Balaban J connectivity index is 4.05. The second-order valence-electron chi connectivity index (χ2n) is 3.44. The number of hydrogen-bond acceptors (Lipinski definition) is 2. The molecule has 2 N–H and O–H groups in total. The fraction of sp³-hybridized carbons (Fsp3) is 0.667. The van der Waals surface area contributed by atoms with E-state index in [0.29, 0.717) is 0 Å². The van der Waals surface area contributed by atoms with Crippen LogP contribution in [0.15, 0.2) is 12.7 Å². The van der Waals surface area contributed by atoms with Crippen LogP contribution in [0.1, 0.15) is 27.2 Å². The molecule has 0 rings (SSSR count). The second-order valence-corrected chi connectivity index (χ2v) is 3.44. The molecule has 0 saturated carbocycles. The summed E-state index contributed by atoms with van der Waals surface area (Å²) in [6, 6.07) is 0. The van der Waals surface area contributed by atoms with Crippen molar-refractivity contribution in [3.63, 3.8) is 0 Å². The van der Waals surface area contributed by atoms with Crippen LogP contribution in [0.5, 0.6) is 0 Å². The summed E-state index contributed by atoms with van der Waals surface area (Å²) in [4.78, 5) is 11.1. The molecule has 1 atom stereocenters. The van der Waals surface area contributed by atoms with Crippen molar-refractivity contribution in [1.82, 2.24) is 5.32 Å². The molecule has 0 fully saturated rings. The maximum atomic E-state index is 11.1. The Morgan fingerprint density at radius 3 is 2.58 bits per heavy atom. The topological polar surface area (TPSA) is 49.3 Å². The first-order valence-corrected chi connectivity index (χ1v) is 4.00. The van der Waals surface area contributed by atoms with Crippen LogP contribution in [-0.2, 0) is 4.79 Å². The zero-order chi connectivity index (χ0) is 9.78. The van der Waals surface area contributed by atoms with E-state index in [-0.39, 0.29) is 12.3 Å². The predicted molar refractivity (Wildman–Crippen MR) is 48.7 cm³/mol. The van der Waals surface area contributed by atoms with Crippen LogP contribution in [0, 0.1) is 0 Å². The van der Waals surface area contributed by atoms with Crippen LogP contribution in [-0.4, -0.2) is 22.7 Å². The van der Waals surface area contributed by atoms with Gasteiger partial charge < -0.3 is 10.4 Å². The van der Waals surface area contributed by atoms with Gasteiger partial charge in [-0.1, -0.05) is 6.08 Å². The lowest BCUT2D eigenvalue weighted by Crippen LogP contribution is -2.50. The van der Waals surface area contributed by atoms with E-state index in [1.165, 1.54) is 6.08 Å². The Hall–Kier alpha value is -0.830. The standard InChI is InChI=1S/C9H17NO2/c1-5-6-8(12)10-9(3,4)7(2)11/h5,7,11H,1,6H2,2-4H3,(H,10,12). The number of rotatable bonds is 4. The Bertz CT molecular complexity index is 173. The van der Waals surface area contributed by atoms with Crippen molar-refractivity contribution in [3.8, 4) is 0 Å². The number of aliphatic hydroxyl groups is 1. The highest BCUT2D eigenvalue weighted by atomic mass is 16.3. The van der Waals surface area contributed by atoms with Crippen LogP contribution < -0.4 is 5.32 Å². The minimum atomic E-state index is -0.569. The average molecular weight is 171 g/mol. The number of nitrogens with one attached hydrogen (secondary N) is 1. The van der Waals surface area contributed by atoms with Crippen molar-refractivity contribution < 1.29 is 9.90 Å². The predicted octanol–water partition coefficient (Wildman–Crippen LogP) is 0.838. The van der Waals surface area contributed by atoms with E-state index < -0.39 is 11.6 Å². The van der Waals surface area contributed by atoms with Gasteiger partial charge in [-0.05, 0) is 20.8 Å². The number of carbonyl (C=O) groups excluding carboxylic acids is 1. The molecule has 0 saturated heterocycles. The van der Waals surface area contributed by atoms with Crippen LogP contribution in [0.25, 0.3) is 0 Å². The molecule has 0 spiro atoms. The van der Waals surface area contributed by atoms with Crippen LogP contribution >= 0.6 is 0 Å². The van der Waals surface area contributed by atoms with Gasteiger partial charge in [0.15, 0.2) is 0 Å². The minimum absolute atomic E-state index is 0.115. The smallest absolute Gasteiger partial charge is 0.224 e. The van der Waals surface area contributed by atoms with E-state index in [4.69, 9.17) is 0 Å². The molecule has 0 aliphatic rings. The maximum absolute atomic E-state index is 11.1. The minimum Gasteiger partial charge on any atom is -0.391 e. The van der Waals surface area contributed by atoms with Crippen LogP contribution in [0.4, 0.5) is 0 Å². The van der Waals surface area contributed by atoms with Crippen LogP contribution in [0.3, 0.4) is 0 Å². The number of hydrogen-bond donors (Lipinski definition) is 2. The third-order valence-corrected chi connectivity index (χ3v) is 1.84. The molecule has 1 unspecified atom stereocenters. The van der Waals surface area contributed by atoms with Gasteiger partial charge in [-0.25, -0.2) is 0 Å². The lowest BCUT2D eigenvalue weighted by atomic mass is 9.98. The molecule has 0 aliphatic heterocycles. The van der Waals surface area contributed by atoms with Gasteiger partial charge in [0.05, 0.1) is 11.6 Å². The van der Waals surface area contributed by atoms with E-state index in [0.717, 1.165) is 0 Å². The monoisotopic (exact) mass is 171 g/mol. The molecule has 3 nitrogen and oxygen atoms in total. The normalized spacial score (nSPS) is 13.7. The number of amides is 1. The molecular weight excluding hydrogens is 154 g/mol. The van der Waals surface area contributed by atoms with Gasteiger partial charge >= 0.3 is 0 Å². The lowest BCUT2D eigenvalue weighted by molar-refractivity contribution is -0.123. The fourth-order valence-corrected chi connectivity index (χ4v) is 0.646. The molecule has 0 aromatic heterocycles. The molecule has 0 aromatic rings. The summed E-state index contributed by atoms with van der Waals surface area (Å²) in [5.41, 5.74) is -0.569. The molecule has 12 heavy (non-hydrogen) atoms. The van der Waals surface area contributed by atoms with Gasteiger partial charge in [0.1, 0.15) is 0 Å². The Morgan fingerprint density at radius 1 is 1.75 bits per heavy atom. The van der Waals surface area contributed by atoms with Crippen molar-refractivity contribution in [2.24, 2.45) is 0 Å². The van der Waals surface area contributed by atoms with Crippen molar-refractivity contribution in [3.05, 3.63) is 12.7 Å². The summed E-state index contributed by atoms with van der Waals surface area (Å²) in [5, 5.41) is 12.0. The largest absolute Gasteiger partial charge is 0.391 e. The third kappa shape index (κ3) is 3.53. The van der Waals surface area contributed by atoms with Gasteiger partial charge in [0.2, 0.25) is 5.91 Å². The van der Waals surface area contributed by atoms with Gasteiger partial charge in [-0.3, -0.25) is 4.79 Å². The third-order valence-electron chi connectivity index (χ3n) is 1.84. The summed E-state index contributed by atoms with van der Waals surface area (Å²) in [6.45, 7) is 8.65. The van der Waals surface area contributed by atoms with E-state index in [1.54, 1.807) is 20.8 Å². The molecular formula is C9H17NO2. The van der Waals surface area contributed by atoms with Crippen molar-refractivity contribution in [2.45, 2.75) is 38.8 Å². The molecule has 0 aliphatic carbocycles. The van der Waals surface area contributed by atoms with Crippen molar-refractivity contribution >= 4 is 5.91 Å². The van der Waals surface area contributed by atoms with E-state index in [2.05, 4.69) is 11.9 Å². The molecule has 0 radical (unpaired) electrons. The van der Waals surface area contributed by atoms with Gasteiger partial charge in [-0.2, -0.15) is 0 Å². The first kappa shape index (κ1) is 11.2. The molecule has 0 aromatic carbocycles. The molecule has 0 heterocycles. The highest BCUT2D eigenvalue weighted by Crippen LogP contribution is 2.08. The van der Waals surface area contributed by atoms with E-state index in [9.17, 15) is 9.90 Å². The first-order chi connectivity index (χ1) is 5.40. The summed E-state index contributed by atoms with van der Waals surface area (Å²) < 4.78 is 0. The van der Waals surface area contributed by atoms with Gasteiger partial charge in [-0.15, -0.1) is 6.58 Å². The first-order valence-electron chi connectivity index (χ1n) is 4.00. The zero-order valence-electron chi connectivity index (χ0n) is 7.92. The Morgan fingerprint density at radius 2 is 2.25 bits per heavy atom. The quantitative estimate of drug-likeness (QED) is 0.616. The summed E-state index contributed by atoms with van der Waals surface area (Å²) in [5.74, 6) is -0.115. The van der Waals surface area contributed by atoms with E-state index in [1.807, 2.05) is 0 Å². The van der Waals surface area contributed by atoms with E-state index >= 15 is 0 Å². The second kappa shape index (κ2) is 4.26. The number of aliphatic hydroxyl groups excluding tert-OH is 1. The molecule has 3 heteroatoms.